The maximum absolute atomic E-state index is 12.3. The summed E-state index contributed by atoms with van der Waals surface area (Å²) in [5, 5.41) is 0. The highest BCUT2D eigenvalue weighted by Crippen LogP contribution is 2.24. The van der Waals surface area contributed by atoms with E-state index in [9.17, 15) is 4.79 Å². The number of aryl methyl sites for hydroxylation is 3. The van der Waals surface area contributed by atoms with Crippen molar-refractivity contribution < 1.29 is 4.79 Å². The Morgan fingerprint density at radius 1 is 1.22 bits per heavy atom. The smallest absolute Gasteiger partial charge is 0.252 e. The molecule has 0 aliphatic carbocycles. The van der Waals surface area contributed by atoms with Gasteiger partial charge in [-0.2, -0.15) is 4.99 Å². The standard InChI is InChI=1S/C18H17BrN2OS/c1-11-7-8-13(9-12(11)2)10-16(22)20-18-21(3)17-14(19)5-4-6-15(17)23-18/h4-9H,10H2,1-3H3. The van der Waals surface area contributed by atoms with Crippen LogP contribution in [0, 0.1) is 13.8 Å². The second-order valence-corrected chi connectivity index (χ2v) is 7.49. The minimum absolute atomic E-state index is 0.119. The highest BCUT2D eigenvalue weighted by Gasteiger charge is 2.08. The van der Waals surface area contributed by atoms with E-state index in [0.29, 0.717) is 6.42 Å². The normalized spacial score (nSPS) is 12.1. The van der Waals surface area contributed by atoms with Gasteiger partial charge in [0.15, 0.2) is 4.80 Å². The number of fused-ring (bicyclic) bond motifs is 1. The van der Waals surface area contributed by atoms with Gasteiger partial charge in [0.1, 0.15) is 0 Å². The molecule has 0 aliphatic heterocycles. The number of hydrogen-bond acceptors (Lipinski definition) is 2. The van der Waals surface area contributed by atoms with Crippen LogP contribution in [0.4, 0.5) is 0 Å². The number of para-hydroxylation sites is 1. The van der Waals surface area contributed by atoms with Crippen molar-refractivity contribution in [3.8, 4) is 0 Å². The summed E-state index contributed by atoms with van der Waals surface area (Å²) in [6, 6.07) is 12.1. The number of thiazole rings is 1. The topological polar surface area (TPSA) is 34.4 Å². The molecule has 3 nitrogen and oxygen atoms in total. The molecule has 1 aromatic heterocycles. The Hall–Kier alpha value is -1.72. The average molecular weight is 389 g/mol. The largest absolute Gasteiger partial charge is 0.318 e. The zero-order valence-corrected chi connectivity index (χ0v) is 15.7. The lowest BCUT2D eigenvalue weighted by molar-refractivity contribution is -0.117. The first-order valence-electron chi connectivity index (χ1n) is 7.33. The van der Waals surface area contributed by atoms with Gasteiger partial charge in [0.05, 0.1) is 16.6 Å². The zero-order valence-electron chi connectivity index (χ0n) is 13.3. The molecule has 1 amide bonds. The van der Waals surface area contributed by atoms with Gasteiger partial charge in [-0.1, -0.05) is 35.6 Å². The van der Waals surface area contributed by atoms with Gasteiger partial charge in [0.2, 0.25) is 0 Å². The molecular formula is C18H17BrN2OS. The van der Waals surface area contributed by atoms with E-state index in [-0.39, 0.29) is 5.91 Å². The van der Waals surface area contributed by atoms with Crippen LogP contribution in [0.1, 0.15) is 16.7 Å². The van der Waals surface area contributed by atoms with Gasteiger partial charge in [0, 0.05) is 11.5 Å². The molecule has 0 saturated carbocycles. The molecule has 0 aliphatic rings. The minimum atomic E-state index is -0.119. The highest BCUT2D eigenvalue weighted by molar-refractivity contribution is 9.10. The summed E-state index contributed by atoms with van der Waals surface area (Å²) in [5.41, 5.74) is 4.51. The first-order chi connectivity index (χ1) is 11.0. The number of aromatic nitrogens is 1. The summed E-state index contributed by atoms with van der Waals surface area (Å²) in [7, 11) is 1.94. The summed E-state index contributed by atoms with van der Waals surface area (Å²) >= 11 is 5.08. The fraction of sp³-hybridized carbons (Fsp3) is 0.222. The molecule has 0 saturated heterocycles. The van der Waals surface area contributed by atoms with Crippen molar-refractivity contribution >= 4 is 43.4 Å². The Balaban J connectivity index is 1.95. The maximum Gasteiger partial charge on any atom is 0.252 e. The van der Waals surface area contributed by atoms with E-state index >= 15 is 0 Å². The van der Waals surface area contributed by atoms with Crippen LogP contribution in [-0.2, 0) is 18.3 Å². The van der Waals surface area contributed by atoms with Crippen LogP contribution < -0.4 is 4.80 Å². The van der Waals surface area contributed by atoms with E-state index < -0.39 is 0 Å². The summed E-state index contributed by atoms with van der Waals surface area (Å²) in [4.78, 5) is 17.3. The van der Waals surface area contributed by atoms with Crippen LogP contribution >= 0.6 is 27.3 Å². The molecule has 118 valence electrons. The van der Waals surface area contributed by atoms with Crippen molar-refractivity contribution in [2.24, 2.45) is 12.0 Å². The van der Waals surface area contributed by atoms with E-state index in [4.69, 9.17) is 0 Å². The molecule has 0 N–H and O–H groups in total. The molecule has 2 aromatic carbocycles. The lowest BCUT2D eigenvalue weighted by Crippen LogP contribution is -2.14. The number of carbonyl (C=O) groups excluding carboxylic acids is 1. The number of benzene rings is 2. The van der Waals surface area contributed by atoms with Gasteiger partial charge in [-0.3, -0.25) is 4.79 Å². The van der Waals surface area contributed by atoms with Crippen molar-refractivity contribution in [1.29, 1.82) is 0 Å². The highest BCUT2D eigenvalue weighted by atomic mass is 79.9. The van der Waals surface area contributed by atoms with Crippen LogP contribution in [0.25, 0.3) is 10.2 Å². The molecule has 0 fully saturated rings. The molecule has 0 unspecified atom stereocenters. The number of amides is 1. The van der Waals surface area contributed by atoms with E-state index in [2.05, 4.69) is 46.9 Å². The Labute approximate surface area is 147 Å². The molecule has 0 bridgehead atoms. The Kier molecular flexibility index (Phi) is 4.50. The Morgan fingerprint density at radius 3 is 2.70 bits per heavy atom. The van der Waals surface area contributed by atoms with Gasteiger partial charge >= 0.3 is 0 Å². The van der Waals surface area contributed by atoms with Crippen molar-refractivity contribution in [1.82, 2.24) is 4.57 Å². The van der Waals surface area contributed by atoms with Crippen LogP contribution in [0.3, 0.4) is 0 Å². The molecule has 3 rings (SSSR count). The lowest BCUT2D eigenvalue weighted by Gasteiger charge is -2.03. The van der Waals surface area contributed by atoms with Crippen molar-refractivity contribution in [3.63, 3.8) is 0 Å². The van der Waals surface area contributed by atoms with Crippen LogP contribution in [0.5, 0.6) is 0 Å². The minimum Gasteiger partial charge on any atom is -0.318 e. The quantitative estimate of drug-likeness (QED) is 0.644. The van der Waals surface area contributed by atoms with Crippen LogP contribution in [0.15, 0.2) is 45.9 Å². The van der Waals surface area contributed by atoms with E-state index in [1.54, 1.807) is 0 Å². The maximum atomic E-state index is 12.3. The molecule has 3 aromatic rings. The van der Waals surface area contributed by atoms with Gasteiger partial charge in [-0.15, -0.1) is 0 Å². The predicted octanol–water partition coefficient (Wildman–Crippen LogP) is 4.29. The monoisotopic (exact) mass is 388 g/mol. The Morgan fingerprint density at radius 2 is 2.00 bits per heavy atom. The van der Waals surface area contributed by atoms with Gasteiger partial charge in [0.25, 0.3) is 5.91 Å². The summed E-state index contributed by atoms with van der Waals surface area (Å²) in [6.45, 7) is 4.13. The molecule has 0 radical (unpaired) electrons. The summed E-state index contributed by atoms with van der Waals surface area (Å²) < 4.78 is 4.08. The van der Waals surface area contributed by atoms with Crippen LogP contribution in [-0.4, -0.2) is 10.5 Å². The fourth-order valence-corrected chi connectivity index (χ4v) is 4.32. The molecule has 5 heteroatoms. The van der Waals surface area contributed by atoms with Crippen molar-refractivity contribution in [2.75, 3.05) is 0 Å². The fourth-order valence-electron chi connectivity index (χ4n) is 2.50. The summed E-state index contributed by atoms with van der Waals surface area (Å²) in [6.07, 6.45) is 0.330. The molecular weight excluding hydrogens is 372 g/mol. The van der Waals surface area contributed by atoms with E-state index in [0.717, 1.165) is 25.1 Å². The van der Waals surface area contributed by atoms with Crippen molar-refractivity contribution in [3.05, 3.63) is 62.4 Å². The molecule has 0 spiro atoms. The SMILES string of the molecule is Cc1ccc(CC(=O)N=c2sc3cccc(Br)c3n2C)cc1C. The third-order valence-electron chi connectivity index (χ3n) is 3.92. The first kappa shape index (κ1) is 16.1. The lowest BCUT2D eigenvalue weighted by atomic mass is 10.0. The molecule has 0 atom stereocenters. The predicted molar refractivity (Wildman–Crippen MR) is 98.7 cm³/mol. The second-order valence-electron chi connectivity index (χ2n) is 5.63. The van der Waals surface area contributed by atoms with Gasteiger partial charge in [-0.05, 0) is 58.6 Å². The van der Waals surface area contributed by atoms with Crippen molar-refractivity contribution in [2.45, 2.75) is 20.3 Å². The summed E-state index contributed by atoms with van der Waals surface area (Å²) in [5.74, 6) is -0.119. The number of nitrogens with zero attached hydrogens (tertiary/aromatic N) is 2. The number of rotatable bonds is 2. The third kappa shape index (κ3) is 3.31. The molecule has 1 heterocycles. The number of hydrogen-bond donors (Lipinski definition) is 0. The molecule has 23 heavy (non-hydrogen) atoms. The third-order valence-corrected chi connectivity index (χ3v) is 5.66. The van der Waals surface area contributed by atoms with Gasteiger partial charge < -0.3 is 4.57 Å². The Bertz CT molecular complexity index is 969. The van der Waals surface area contributed by atoms with Crippen LogP contribution in [0.2, 0.25) is 0 Å². The average Bonchev–Trinajstić information content (AvgIpc) is 2.80. The van der Waals surface area contributed by atoms with Gasteiger partial charge in [-0.25, -0.2) is 0 Å². The van der Waals surface area contributed by atoms with E-state index in [1.807, 2.05) is 35.9 Å². The first-order valence-corrected chi connectivity index (χ1v) is 8.94. The second kappa shape index (κ2) is 6.42. The zero-order chi connectivity index (χ0) is 16.6. The number of carbonyl (C=O) groups is 1. The van der Waals surface area contributed by atoms with E-state index in [1.165, 1.54) is 22.5 Å². The number of halogens is 1.